The highest BCUT2D eigenvalue weighted by Crippen LogP contribution is 2.29. The molecule has 100 valence electrons. The maximum absolute atomic E-state index is 12.9. The van der Waals surface area contributed by atoms with Gasteiger partial charge in [-0.3, -0.25) is 0 Å². The summed E-state index contributed by atoms with van der Waals surface area (Å²) in [4.78, 5) is 3.68. The van der Waals surface area contributed by atoms with E-state index in [9.17, 15) is 12.8 Å². The lowest BCUT2D eigenvalue weighted by Crippen LogP contribution is -1.94. The zero-order valence-corrected chi connectivity index (χ0v) is 12.3. The van der Waals surface area contributed by atoms with Crippen molar-refractivity contribution in [3.8, 4) is 11.6 Å². The van der Waals surface area contributed by atoms with Crippen molar-refractivity contribution in [2.75, 3.05) is 0 Å². The van der Waals surface area contributed by atoms with Crippen LogP contribution in [0.5, 0.6) is 11.6 Å². The van der Waals surface area contributed by atoms with Crippen LogP contribution in [0.25, 0.3) is 0 Å². The molecule has 0 saturated heterocycles. The van der Waals surface area contributed by atoms with E-state index in [2.05, 4.69) is 20.9 Å². The second kappa shape index (κ2) is 5.44. The standard InChI is InChI=1S/C11H6BrClFNO3S/c12-9-5-7(14)1-3-10(9)18-11-4-2-8(6-15-11)19(13,16)17/h1-6H. The van der Waals surface area contributed by atoms with Crippen molar-refractivity contribution in [2.45, 2.75) is 4.90 Å². The van der Waals surface area contributed by atoms with E-state index >= 15 is 0 Å². The minimum atomic E-state index is -3.81. The van der Waals surface area contributed by atoms with Crippen molar-refractivity contribution in [1.29, 1.82) is 0 Å². The van der Waals surface area contributed by atoms with Gasteiger partial charge >= 0.3 is 0 Å². The van der Waals surface area contributed by atoms with Crippen LogP contribution >= 0.6 is 26.6 Å². The summed E-state index contributed by atoms with van der Waals surface area (Å²) < 4.78 is 40.7. The molecule has 1 aromatic carbocycles. The number of halogens is 3. The Labute approximate surface area is 121 Å². The van der Waals surface area contributed by atoms with E-state index in [1.165, 1.54) is 30.3 Å². The van der Waals surface area contributed by atoms with Crippen LogP contribution in [0, 0.1) is 5.82 Å². The van der Waals surface area contributed by atoms with Crippen LogP contribution in [-0.4, -0.2) is 13.4 Å². The van der Waals surface area contributed by atoms with E-state index in [0.29, 0.717) is 10.2 Å². The van der Waals surface area contributed by atoms with Crippen molar-refractivity contribution < 1.29 is 17.5 Å². The second-order valence-corrected chi connectivity index (χ2v) is 6.87. The second-order valence-electron chi connectivity index (χ2n) is 3.45. The fourth-order valence-corrected chi connectivity index (χ4v) is 2.36. The summed E-state index contributed by atoms with van der Waals surface area (Å²) in [5.74, 6) is 0.113. The molecule has 0 atom stereocenters. The fraction of sp³-hybridized carbons (Fsp3) is 0. The van der Waals surface area contributed by atoms with Crippen molar-refractivity contribution in [3.63, 3.8) is 0 Å². The number of pyridine rings is 1. The molecule has 8 heteroatoms. The third-order valence-electron chi connectivity index (χ3n) is 2.10. The van der Waals surface area contributed by atoms with Crippen LogP contribution in [0.3, 0.4) is 0 Å². The summed E-state index contributed by atoms with van der Waals surface area (Å²) in [6.07, 6.45) is 1.08. The largest absolute Gasteiger partial charge is 0.438 e. The maximum atomic E-state index is 12.9. The molecule has 0 saturated carbocycles. The quantitative estimate of drug-likeness (QED) is 0.777. The lowest BCUT2D eigenvalue weighted by molar-refractivity contribution is 0.457. The highest BCUT2D eigenvalue weighted by Gasteiger charge is 2.11. The first-order chi connectivity index (χ1) is 8.86. The van der Waals surface area contributed by atoms with Crippen LogP contribution in [0.1, 0.15) is 0 Å². The van der Waals surface area contributed by atoms with Crippen LogP contribution in [0.2, 0.25) is 0 Å². The first-order valence-corrected chi connectivity index (χ1v) is 8.00. The number of hydrogen-bond acceptors (Lipinski definition) is 4. The molecule has 0 radical (unpaired) electrons. The van der Waals surface area contributed by atoms with Crippen LogP contribution < -0.4 is 4.74 Å². The number of benzene rings is 1. The Bertz CT molecular complexity index is 706. The third kappa shape index (κ3) is 3.65. The van der Waals surface area contributed by atoms with Gasteiger partial charge in [-0.15, -0.1) is 0 Å². The maximum Gasteiger partial charge on any atom is 0.262 e. The molecule has 2 aromatic rings. The van der Waals surface area contributed by atoms with Gasteiger partial charge in [0, 0.05) is 16.7 Å². The molecule has 0 unspecified atom stereocenters. The minimum absolute atomic E-state index is 0.125. The van der Waals surface area contributed by atoms with Gasteiger partial charge in [0.2, 0.25) is 5.88 Å². The van der Waals surface area contributed by atoms with Gasteiger partial charge in [-0.1, -0.05) is 0 Å². The first-order valence-electron chi connectivity index (χ1n) is 4.90. The molecule has 0 aliphatic rings. The predicted octanol–water partition coefficient (Wildman–Crippen LogP) is 3.70. The molecular weight excluding hydrogens is 361 g/mol. The molecule has 0 aliphatic heterocycles. The van der Waals surface area contributed by atoms with E-state index in [1.807, 2.05) is 0 Å². The molecule has 2 rings (SSSR count). The zero-order valence-electron chi connectivity index (χ0n) is 9.18. The molecule has 0 N–H and O–H groups in total. The SMILES string of the molecule is O=S(=O)(Cl)c1ccc(Oc2ccc(F)cc2Br)nc1. The highest BCUT2D eigenvalue weighted by atomic mass is 79.9. The Balaban J connectivity index is 2.25. The minimum Gasteiger partial charge on any atom is -0.438 e. The monoisotopic (exact) mass is 365 g/mol. The molecule has 0 bridgehead atoms. The van der Waals surface area contributed by atoms with Crippen molar-refractivity contribution in [2.24, 2.45) is 0 Å². The Morgan fingerprint density at radius 1 is 1.26 bits per heavy atom. The zero-order chi connectivity index (χ0) is 14.0. The number of aromatic nitrogens is 1. The molecule has 1 aromatic heterocycles. The van der Waals surface area contributed by atoms with E-state index < -0.39 is 14.9 Å². The molecule has 0 amide bonds. The molecule has 19 heavy (non-hydrogen) atoms. The molecule has 1 heterocycles. The van der Waals surface area contributed by atoms with Gasteiger partial charge in [0.1, 0.15) is 16.5 Å². The van der Waals surface area contributed by atoms with Crippen LogP contribution in [-0.2, 0) is 9.05 Å². The summed E-state index contributed by atoms with van der Waals surface area (Å²) in [6, 6.07) is 6.52. The lowest BCUT2D eigenvalue weighted by atomic mass is 10.3. The molecule has 0 aliphatic carbocycles. The van der Waals surface area contributed by atoms with Crippen molar-refractivity contribution in [1.82, 2.24) is 4.98 Å². The topological polar surface area (TPSA) is 56.3 Å². The van der Waals surface area contributed by atoms with Gasteiger partial charge in [0.05, 0.1) is 10.7 Å². The van der Waals surface area contributed by atoms with E-state index in [4.69, 9.17) is 15.4 Å². The summed E-state index contributed by atoms with van der Waals surface area (Å²) >= 11 is 3.14. The Hall–Kier alpha value is -1.18. The number of nitrogens with zero attached hydrogens (tertiary/aromatic N) is 1. The van der Waals surface area contributed by atoms with Gasteiger partial charge < -0.3 is 4.74 Å². The average Bonchev–Trinajstić information content (AvgIpc) is 2.32. The summed E-state index contributed by atoms with van der Waals surface area (Å²) in [6.45, 7) is 0. The van der Waals surface area contributed by atoms with Crippen molar-refractivity contribution >= 4 is 35.7 Å². The first kappa shape index (κ1) is 14.2. The van der Waals surface area contributed by atoms with Crippen LogP contribution in [0.15, 0.2) is 45.9 Å². The summed E-state index contributed by atoms with van der Waals surface area (Å²) in [5.41, 5.74) is 0. The molecule has 4 nitrogen and oxygen atoms in total. The third-order valence-corrected chi connectivity index (χ3v) is 4.06. The summed E-state index contributed by atoms with van der Waals surface area (Å²) in [7, 11) is 1.35. The van der Waals surface area contributed by atoms with Crippen LogP contribution in [0.4, 0.5) is 4.39 Å². The number of rotatable bonds is 3. The molecular formula is C11H6BrClFNO3S. The van der Waals surface area contributed by atoms with Gasteiger partial charge in [0.25, 0.3) is 9.05 Å². The van der Waals surface area contributed by atoms with Gasteiger partial charge in [-0.2, -0.15) is 0 Å². The normalized spacial score (nSPS) is 11.3. The molecule has 0 fully saturated rings. The number of hydrogen-bond donors (Lipinski definition) is 0. The molecule has 0 spiro atoms. The predicted molar refractivity (Wildman–Crippen MR) is 71.4 cm³/mol. The van der Waals surface area contributed by atoms with E-state index in [0.717, 1.165) is 6.20 Å². The summed E-state index contributed by atoms with van der Waals surface area (Å²) in [5, 5.41) is 0. The highest BCUT2D eigenvalue weighted by molar-refractivity contribution is 9.10. The van der Waals surface area contributed by atoms with Crippen molar-refractivity contribution in [3.05, 3.63) is 46.8 Å². The smallest absolute Gasteiger partial charge is 0.262 e. The fourth-order valence-electron chi connectivity index (χ4n) is 1.24. The average molecular weight is 367 g/mol. The van der Waals surface area contributed by atoms with Gasteiger partial charge in [-0.25, -0.2) is 17.8 Å². The number of ether oxygens (including phenoxy) is 1. The van der Waals surface area contributed by atoms with E-state index in [-0.39, 0.29) is 10.8 Å². The van der Waals surface area contributed by atoms with Gasteiger partial charge in [-0.05, 0) is 40.2 Å². The Morgan fingerprint density at radius 2 is 2.00 bits per heavy atom. The lowest BCUT2D eigenvalue weighted by Gasteiger charge is -2.06. The van der Waals surface area contributed by atoms with Gasteiger partial charge in [0.15, 0.2) is 0 Å². The Morgan fingerprint density at radius 3 is 2.53 bits per heavy atom. The van der Waals surface area contributed by atoms with E-state index in [1.54, 1.807) is 0 Å². The Kier molecular flexibility index (Phi) is 4.07.